The molecule has 0 saturated carbocycles. The first kappa shape index (κ1) is 9.30. The first-order valence-electron chi connectivity index (χ1n) is 1.35. The molecule has 0 radical (unpaired) electrons. The van der Waals surface area contributed by atoms with E-state index in [1.807, 2.05) is 0 Å². The van der Waals surface area contributed by atoms with Gasteiger partial charge in [0, 0.05) is 0 Å². The van der Waals surface area contributed by atoms with Crippen LogP contribution >= 0.6 is 25.7 Å². The molecule has 0 fully saturated rings. The van der Waals surface area contributed by atoms with Crippen LogP contribution in [0.4, 0.5) is 0 Å². The van der Waals surface area contributed by atoms with Crippen molar-refractivity contribution in [1.82, 2.24) is 0 Å². The maximum Gasteiger partial charge on any atom is -0.0253 e. The third-order valence-electron chi connectivity index (χ3n) is 0.204. The molecule has 0 aromatic carbocycles. The Balaban J connectivity index is 0. The summed E-state index contributed by atoms with van der Waals surface area (Å²) in [5, 5.41) is 0. The third kappa shape index (κ3) is 11.5. The zero-order chi connectivity index (χ0) is 3.41. The standard InChI is InChI=1S/C2H8NP.BrH/c1-2-4-3;/h4H,2-3H2,1H3;1H. The number of rotatable bonds is 1. The Kier molecular flexibility index (Phi) is 16.5. The van der Waals surface area contributed by atoms with Crippen molar-refractivity contribution in [3.8, 4) is 0 Å². The molecule has 0 aliphatic carbocycles. The van der Waals surface area contributed by atoms with Crippen molar-refractivity contribution in [2.45, 2.75) is 6.92 Å². The van der Waals surface area contributed by atoms with E-state index in [2.05, 4.69) is 6.92 Å². The number of nitrogens with two attached hydrogens (primary N) is 1. The first-order valence-corrected chi connectivity index (χ1v) is 2.63. The third-order valence-corrected chi connectivity index (χ3v) is 0.612. The number of hydrogen-bond acceptors (Lipinski definition) is 1. The van der Waals surface area contributed by atoms with Crippen LogP contribution in [0.15, 0.2) is 0 Å². The van der Waals surface area contributed by atoms with Gasteiger partial charge < -0.3 is 5.50 Å². The van der Waals surface area contributed by atoms with Crippen LogP contribution in [0.5, 0.6) is 0 Å². The van der Waals surface area contributed by atoms with Gasteiger partial charge in [0.1, 0.15) is 0 Å². The zero-order valence-electron chi connectivity index (χ0n) is 3.19. The maximum absolute atomic E-state index is 5.06. The van der Waals surface area contributed by atoms with E-state index in [1.165, 1.54) is 0 Å². The molecule has 1 atom stereocenters. The molecule has 0 aliphatic rings. The molecule has 0 heterocycles. The molecular formula is C2H9BrNP. The van der Waals surface area contributed by atoms with Crippen LogP contribution in [0, 0.1) is 0 Å². The first-order chi connectivity index (χ1) is 1.91. The second-order valence-corrected chi connectivity index (χ2v) is 1.67. The van der Waals surface area contributed by atoms with Crippen molar-refractivity contribution in [2.24, 2.45) is 5.50 Å². The van der Waals surface area contributed by atoms with E-state index in [1.54, 1.807) is 0 Å². The van der Waals surface area contributed by atoms with Crippen molar-refractivity contribution in [2.75, 3.05) is 6.16 Å². The van der Waals surface area contributed by atoms with Crippen molar-refractivity contribution in [3.63, 3.8) is 0 Å². The molecule has 0 spiro atoms. The van der Waals surface area contributed by atoms with E-state index in [4.69, 9.17) is 5.50 Å². The highest BCUT2D eigenvalue weighted by Gasteiger charge is 1.54. The maximum atomic E-state index is 5.06. The lowest BCUT2D eigenvalue weighted by molar-refractivity contribution is 1.51. The lowest BCUT2D eigenvalue weighted by atomic mass is 11.0. The lowest BCUT2D eigenvalue weighted by Crippen LogP contribution is -1.69. The predicted molar refractivity (Wildman–Crippen MR) is 33.4 cm³/mol. The van der Waals surface area contributed by atoms with Gasteiger partial charge in [-0.1, -0.05) is 15.7 Å². The lowest BCUT2D eigenvalue weighted by Gasteiger charge is -1.71. The quantitative estimate of drug-likeness (QED) is 0.568. The van der Waals surface area contributed by atoms with E-state index in [-0.39, 0.29) is 17.0 Å². The van der Waals surface area contributed by atoms with E-state index in [0.29, 0.717) is 8.73 Å². The Morgan fingerprint density at radius 1 is 1.80 bits per heavy atom. The molecule has 34 valence electrons. The minimum absolute atomic E-state index is 0. The van der Waals surface area contributed by atoms with Gasteiger partial charge in [0.05, 0.1) is 0 Å². The molecule has 5 heavy (non-hydrogen) atoms. The highest BCUT2D eigenvalue weighted by atomic mass is 79.9. The van der Waals surface area contributed by atoms with E-state index in [0.717, 1.165) is 6.16 Å². The second kappa shape index (κ2) is 8.85. The normalized spacial score (nSPS) is 8.40. The van der Waals surface area contributed by atoms with Crippen molar-refractivity contribution < 1.29 is 0 Å². The summed E-state index contributed by atoms with van der Waals surface area (Å²) < 4.78 is 0. The summed E-state index contributed by atoms with van der Waals surface area (Å²) in [4.78, 5) is 0. The van der Waals surface area contributed by atoms with Crippen molar-refractivity contribution in [1.29, 1.82) is 0 Å². The number of hydrogen-bond donors (Lipinski definition) is 1. The SMILES string of the molecule is Br.CCPN. The van der Waals surface area contributed by atoms with Gasteiger partial charge in [0.15, 0.2) is 0 Å². The fourth-order valence-electron chi connectivity index (χ4n) is 0. The van der Waals surface area contributed by atoms with Gasteiger partial charge in [0.25, 0.3) is 0 Å². The monoisotopic (exact) mass is 157 g/mol. The van der Waals surface area contributed by atoms with E-state index >= 15 is 0 Å². The Morgan fingerprint density at radius 3 is 2.00 bits per heavy atom. The molecule has 3 heteroatoms. The molecule has 0 rings (SSSR count). The Labute approximate surface area is 44.9 Å². The molecule has 0 aliphatic heterocycles. The van der Waals surface area contributed by atoms with Gasteiger partial charge in [-0.25, -0.2) is 0 Å². The second-order valence-electron chi connectivity index (χ2n) is 0.558. The van der Waals surface area contributed by atoms with Gasteiger partial charge in [-0.2, -0.15) is 0 Å². The molecule has 2 N–H and O–H groups in total. The van der Waals surface area contributed by atoms with Gasteiger partial charge in [-0.3, -0.25) is 0 Å². The van der Waals surface area contributed by atoms with Crippen LogP contribution in [0.3, 0.4) is 0 Å². The van der Waals surface area contributed by atoms with Crippen LogP contribution in [-0.4, -0.2) is 6.16 Å². The highest BCUT2D eigenvalue weighted by Crippen LogP contribution is 1.87. The summed E-state index contributed by atoms with van der Waals surface area (Å²) in [7, 11) is 0.640. The molecule has 0 aromatic heterocycles. The summed E-state index contributed by atoms with van der Waals surface area (Å²) in [5.74, 6) is 0. The Hall–Kier alpha value is 0.870. The molecular weight excluding hydrogens is 149 g/mol. The minimum Gasteiger partial charge on any atom is -0.312 e. The highest BCUT2D eigenvalue weighted by molar-refractivity contribution is 8.93. The Morgan fingerprint density at radius 2 is 2.00 bits per heavy atom. The fraction of sp³-hybridized carbons (Fsp3) is 1.00. The van der Waals surface area contributed by atoms with Gasteiger partial charge in [-0.15, -0.1) is 17.0 Å². The molecule has 0 bridgehead atoms. The fourth-order valence-corrected chi connectivity index (χ4v) is 0. The Bertz CT molecular complexity index is 11.6. The van der Waals surface area contributed by atoms with Gasteiger partial charge in [0.2, 0.25) is 0 Å². The summed E-state index contributed by atoms with van der Waals surface area (Å²) in [6.07, 6.45) is 1.12. The van der Waals surface area contributed by atoms with Crippen LogP contribution in [0.2, 0.25) is 0 Å². The molecule has 1 nitrogen and oxygen atoms in total. The van der Waals surface area contributed by atoms with Crippen molar-refractivity contribution >= 4 is 25.7 Å². The summed E-state index contributed by atoms with van der Waals surface area (Å²) in [6.45, 7) is 2.07. The summed E-state index contributed by atoms with van der Waals surface area (Å²) in [6, 6.07) is 0. The number of halogens is 1. The van der Waals surface area contributed by atoms with Crippen LogP contribution in [-0.2, 0) is 0 Å². The van der Waals surface area contributed by atoms with Gasteiger partial charge in [-0.05, 0) is 6.16 Å². The minimum atomic E-state index is 0. The van der Waals surface area contributed by atoms with Crippen molar-refractivity contribution in [3.05, 3.63) is 0 Å². The van der Waals surface area contributed by atoms with Crippen LogP contribution in [0.1, 0.15) is 6.92 Å². The average Bonchev–Trinajstić information content (AvgIpc) is 1.37. The summed E-state index contributed by atoms with van der Waals surface area (Å²) in [5.41, 5.74) is 5.06. The molecule has 1 unspecified atom stereocenters. The van der Waals surface area contributed by atoms with Gasteiger partial charge >= 0.3 is 0 Å². The predicted octanol–water partition coefficient (Wildman–Crippen LogP) is 1.14. The topological polar surface area (TPSA) is 26.0 Å². The largest absolute Gasteiger partial charge is 0.312 e. The summed E-state index contributed by atoms with van der Waals surface area (Å²) >= 11 is 0. The average molecular weight is 158 g/mol. The molecule has 0 saturated heterocycles. The van der Waals surface area contributed by atoms with Crippen LogP contribution in [0.25, 0.3) is 0 Å². The smallest absolute Gasteiger partial charge is 0.0253 e. The van der Waals surface area contributed by atoms with E-state index in [9.17, 15) is 0 Å². The van der Waals surface area contributed by atoms with Crippen LogP contribution < -0.4 is 5.50 Å². The molecule has 0 aromatic rings. The zero-order valence-corrected chi connectivity index (χ0v) is 5.91. The molecule has 0 amide bonds. The van der Waals surface area contributed by atoms with E-state index < -0.39 is 0 Å².